The molecule has 1 heterocycles. The van der Waals surface area contributed by atoms with Gasteiger partial charge in [0, 0.05) is 32.8 Å². The van der Waals surface area contributed by atoms with Crippen molar-refractivity contribution < 1.29 is 4.74 Å². The van der Waals surface area contributed by atoms with Gasteiger partial charge < -0.3 is 15.0 Å². The second-order valence-corrected chi connectivity index (χ2v) is 5.89. The number of methoxy groups -OCH3 is 1. The molecule has 1 saturated heterocycles. The van der Waals surface area contributed by atoms with Gasteiger partial charge in [0.1, 0.15) is 0 Å². The fourth-order valence-corrected chi connectivity index (χ4v) is 2.66. The molecule has 2 atom stereocenters. The predicted octanol–water partition coefficient (Wildman–Crippen LogP) is 1.98. The Morgan fingerprint density at radius 1 is 1.35 bits per heavy atom. The molecule has 1 fully saturated rings. The highest BCUT2D eigenvalue weighted by molar-refractivity contribution is 4.76. The number of nitrogens with one attached hydrogen (secondary N) is 1. The van der Waals surface area contributed by atoms with E-state index in [9.17, 15) is 0 Å². The van der Waals surface area contributed by atoms with Crippen LogP contribution in [0.5, 0.6) is 0 Å². The number of hydrogen-bond donors (Lipinski definition) is 1. The number of rotatable bonds is 7. The first kappa shape index (κ1) is 14.9. The van der Waals surface area contributed by atoms with Gasteiger partial charge in [0.2, 0.25) is 0 Å². The summed E-state index contributed by atoms with van der Waals surface area (Å²) in [5.41, 5.74) is 0. The van der Waals surface area contributed by atoms with Crippen LogP contribution in [0.3, 0.4) is 0 Å². The molecule has 1 rings (SSSR count). The number of piperidine rings is 1. The second-order valence-electron chi connectivity index (χ2n) is 5.89. The van der Waals surface area contributed by atoms with Crippen LogP contribution in [0.15, 0.2) is 0 Å². The standard InChI is InChI=1S/C14H30N2O/c1-12(2)15-8-14-6-5-7-16(10-14)9-13(3)11-17-4/h12-15H,5-11H2,1-4H3. The van der Waals surface area contributed by atoms with Gasteiger partial charge in [-0.1, -0.05) is 20.8 Å². The van der Waals surface area contributed by atoms with E-state index in [1.54, 1.807) is 7.11 Å². The number of ether oxygens (including phenoxy) is 1. The van der Waals surface area contributed by atoms with Crippen LogP contribution in [0.1, 0.15) is 33.6 Å². The lowest BCUT2D eigenvalue weighted by molar-refractivity contribution is 0.105. The topological polar surface area (TPSA) is 24.5 Å². The zero-order chi connectivity index (χ0) is 12.7. The Kier molecular flexibility index (Phi) is 7.09. The van der Waals surface area contributed by atoms with Crippen LogP contribution >= 0.6 is 0 Å². The Morgan fingerprint density at radius 2 is 2.12 bits per heavy atom. The highest BCUT2D eigenvalue weighted by Crippen LogP contribution is 2.17. The first-order chi connectivity index (χ1) is 8.11. The molecule has 0 aromatic heterocycles. The molecule has 0 saturated carbocycles. The highest BCUT2D eigenvalue weighted by Gasteiger charge is 2.20. The predicted molar refractivity (Wildman–Crippen MR) is 73.3 cm³/mol. The summed E-state index contributed by atoms with van der Waals surface area (Å²) in [5.74, 6) is 1.48. The Morgan fingerprint density at radius 3 is 2.76 bits per heavy atom. The van der Waals surface area contributed by atoms with Crippen LogP contribution in [0.4, 0.5) is 0 Å². The molecular formula is C14H30N2O. The van der Waals surface area contributed by atoms with Crippen molar-refractivity contribution >= 4 is 0 Å². The molecule has 0 aliphatic carbocycles. The number of nitrogens with zero attached hydrogens (tertiary/aromatic N) is 1. The van der Waals surface area contributed by atoms with E-state index in [2.05, 4.69) is 31.0 Å². The Bertz CT molecular complexity index is 197. The number of hydrogen-bond acceptors (Lipinski definition) is 3. The fraction of sp³-hybridized carbons (Fsp3) is 1.00. The zero-order valence-corrected chi connectivity index (χ0v) is 12.0. The maximum atomic E-state index is 5.21. The molecule has 0 aromatic carbocycles. The molecule has 0 aromatic rings. The van der Waals surface area contributed by atoms with Crippen molar-refractivity contribution in [3.63, 3.8) is 0 Å². The maximum absolute atomic E-state index is 5.21. The van der Waals surface area contributed by atoms with E-state index < -0.39 is 0 Å². The molecule has 0 bridgehead atoms. The lowest BCUT2D eigenvalue weighted by Gasteiger charge is -2.34. The van der Waals surface area contributed by atoms with Gasteiger partial charge in [0.25, 0.3) is 0 Å². The Labute approximate surface area is 107 Å². The Balaban J connectivity index is 2.23. The van der Waals surface area contributed by atoms with Crippen molar-refractivity contribution in [2.75, 3.05) is 39.9 Å². The molecular weight excluding hydrogens is 212 g/mol. The summed E-state index contributed by atoms with van der Waals surface area (Å²) in [6.07, 6.45) is 2.74. The molecule has 0 amide bonds. The summed E-state index contributed by atoms with van der Waals surface area (Å²) in [5, 5.41) is 3.56. The van der Waals surface area contributed by atoms with Crippen molar-refractivity contribution in [2.45, 2.75) is 39.7 Å². The summed E-state index contributed by atoms with van der Waals surface area (Å²) >= 11 is 0. The van der Waals surface area contributed by atoms with Crippen molar-refractivity contribution in [3.8, 4) is 0 Å². The lowest BCUT2D eigenvalue weighted by atomic mass is 9.97. The van der Waals surface area contributed by atoms with Gasteiger partial charge in [-0.2, -0.15) is 0 Å². The van der Waals surface area contributed by atoms with E-state index in [-0.39, 0.29) is 0 Å². The molecule has 0 spiro atoms. The van der Waals surface area contributed by atoms with E-state index in [4.69, 9.17) is 4.74 Å². The van der Waals surface area contributed by atoms with Crippen molar-refractivity contribution in [2.24, 2.45) is 11.8 Å². The molecule has 17 heavy (non-hydrogen) atoms. The monoisotopic (exact) mass is 242 g/mol. The molecule has 3 nitrogen and oxygen atoms in total. The quantitative estimate of drug-likeness (QED) is 0.739. The smallest absolute Gasteiger partial charge is 0.0500 e. The molecule has 1 aliphatic heterocycles. The van der Waals surface area contributed by atoms with Crippen molar-refractivity contribution in [1.29, 1.82) is 0 Å². The zero-order valence-electron chi connectivity index (χ0n) is 12.0. The average Bonchev–Trinajstić information content (AvgIpc) is 2.27. The van der Waals surface area contributed by atoms with Crippen LogP contribution in [-0.4, -0.2) is 50.8 Å². The van der Waals surface area contributed by atoms with Gasteiger partial charge in [-0.3, -0.25) is 0 Å². The van der Waals surface area contributed by atoms with Crippen LogP contribution < -0.4 is 5.32 Å². The molecule has 1 aliphatic rings. The first-order valence-electron chi connectivity index (χ1n) is 7.06. The number of likely N-dealkylation sites (tertiary alicyclic amines) is 1. The molecule has 2 unspecified atom stereocenters. The third kappa shape index (κ3) is 6.39. The van der Waals surface area contributed by atoms with Crippen molar-refractivity contribution in [1.82, 2.24) is 10.2 Å². The summed E-state index contributed by atoms with van der Waals surface area (Å²) in [4.78, 5) is 2.61. The SMILES string of the molecule is COCC(C)CN1CCCC(CNC(C)C)C1. The summed E-state index contributed by atoms with van der Waals surface area (Å²) in [6.45, 7) is 12.5. The highest BCUT2D eigenvalue weighted by atomic mass is 16.5. The van der Waals surface area contributed by atoms with Crippen molar-refractivity contribution in [3.05, 3.63) is 0 Å². The van der Waals surface area contributed by atoms with E-state index >= 15 is 0 Å². The summed E-state index contributed by atoms with van der Waals surface area (Å²) < 4.78 is 5.21. The van der Waals surface area contributed by atoms with Gasteiger partial charge in [0.15, 0.2) is 0 Å². The average molecular weight is 242 g/mol. The minimum atomic E-state index is 0.609. The minimum Gasteiger partial charge on any atom is -0.384 e. The summed E-state index contributed by atoms with van der Waals surface area (Å²) in [6, 6.07) is 0.609. The van der Waals surface area contributed by atoms with Crippen LogP contribution in [0, 0.1) is 11.8 Å². The molecule has 102 valence electrons. The molecule has 1 N–H and O–H groups in total. The van der Waals surface area contributed by atoms with Gasteiger partial charge in [0.05, 0.1) is 0 Å². The van der Waals surface area contributed by atoms with Gasteiger partial charge in [-0.05, 0) is 37.8 Å². The van der Waals surface area contributed by atoms with E-state index in [0.717, 1.165) is 12.5 Å². The largest absolute Gasteiger partial charge is 0.384 e. The maximum Gasteiger partial charge on any atom is 0.0500 e. The lowest BCUT2D eigenvalue weighted by Crippen LogP contribution is -2.42. The third-order valence-electron chi connectivity index (χ3n) is 3.44. The van der Waals surface area contributed by atoms with Gasteiger partial charge >= 0.3 is 0 Å². The summed E-state index contributed by atoms with van der Waals surface area (Å²) in [7, 11) is 1.79. The third-order valence-corrected chi connectivity index (χ3v) is 3.44. The second kappa shape index (κ2) is 8.06. The molecule has 3 heteroatoms. The van der Waals surface area contributed by atoms with Crippen LogP contribution in [0.2, 0.25) is 0 Å². The van der Waals surface area contributed by atoms with Crippen LogP contribution in [-0.2, 0) is 4.74 Å². The first-order valence-corrected chi connectivity index (χ1v) is 7.06. The minimum absolute atomic E-state index is 0.609. The van der Waals surface area contributed by atoms with Gasteiger partial charge in [-0.25, -0.2) is 0 Å². The van der Waals surface area contributed by atoms with Gasteiger partial charge in [-0.15, -0.1) is 0 Å². The van der Waals surface area contributed by atoms with Crippen LogP contribution in [0.25, 0.3) is 0 Å². The van der Waals surface area contributed by atoms with E-state index in [0.29, 0.717) is 12.0 Å². The van der Waals surface area contributed by atoms with E-state index in [1.165, 1.54) is 39.0 Å². The van der Waals surface area contributed by atoms with E-state index in [1.807, 2.05) is 0 Å². The fourth-order valence-electron chi connectivity index (χ4n) is 2.66. The Hall–Kier alpha value is -0.120. The normalized spacial score (nSPS) is 24.2. The molecule has 0 radical (unpaired) electrons.